The molecule has 7 rings (SSSR count). The molecule has 1 saturated heterocycles. The predicted molar refractivity (Wildman–Crippen MR) is 244 cm³/mol. The van der Waals surface area contributed by atoms with Crippen LogP contribution in [0.25, 0.3) is 10.9 Å². The maximum atomic E-state index is 13.5. The molecule has 0 spiro atoms. The van der Waals surface area contributed by atoms with Gasteiger partial charge in [-0.3, -0.25) is 43.8 Å². The number of sulfonamides is 1. The van der Waals surface area contributed by atoms with Crippen LogP contribution in [0.3, 0.4) is 0 Å². The van der Waals surface area contributed by atoms with E-state index in [0.717, 1.165) is 9.58 Å². The third-order valence-corrected chi connectivity index (χ3v) is 11.9. The Kier molecular flexibility index (Phi) is 15.9. The number of benzene rings is 4. The zero-order valence-electron chi connectivity index (χ0n) is 36.1. The number of piperidine rings is 1. The minimum atomic E-state index is -4.31. The van der Waals surface area contributed by atoms with Crippen molar-refractivity contribution in [2.45, 2.75) is 37.8 Å². The van der Waals surface area contributed by atoms with E-state index in [1.54, 1.807) is 91.0 Å². The Morgan fingerprint density at radius 3 is 2.16 bits per heavy atom. The highest BCUT2D eigenvalue weighted by atomic mass is 32.2. The molecule has 350 valence electrons. The molecule has 4 aromatic carbocycles. The Balaban J connectivity index is 0.765. The monoisotopic (exact) mass is 936 g/mol. The van der Waals surface area contributed by atoms with Crippen LogP contribution in [-0.2, 0) is 49.8 Å². The van der Waals surface area contributed by atoms with Gasteiger partial charge in [-0.25, -0.2) is 13.1 Å². The molecule has 67 heavy (non-hydrogen) atoms. The van der Waals surface area contributed by atoms with Gasteiger partial charge in [0.2, 0.25) is 33.7 Å². The van der Waals surface area contributed by atoms with Crippen LogP contribution in [0, 0.1) is 0 Å². The Hall–Kier alpha value is -7.17. The summed E-state index contributed by atoms with van der Waals surface area (Å²) in [6, 6.07) is 24.5. The first-order valence-electron chi connectivity index (χ1n) is 21.4. The standard InChI is InChI=1S/C46H48N8O12S/c55-39-18-17-38(44(59)51-39)53-45(60)34-10-6-11-35(42(34)46(53)61)47-20-22-65-24-26-66-25-23-64-21-19-40(56)49-32-13-15-33(16-14-32)50-43(58)36(27-30-7-2-1-3-8-30)52-67(62,63)29-41(57)54-37-12-5-4-9-31(37)28-48-54/h1-16,28,36,38,47,52H,17-27,29H2,(H,49,56)(H,50,58)(H,51,55,59)/t36-,38?/m0/s1. The number of nitrogens with zero attached hydrogens (tertiary/aromatic N) is 3. The quantitative estimate of drug-likeness (QED) is 0.0466. The van der Waals surface area contributed by atoms with E-state index < -0.39 is 63.3 Å². The Bertz CT molecular complexity index is 2750. The molecule has 0 bridgehead atoms. The van der Waals surface area contributed by atoms with Crippen LogP contribution < -0.4 is 26.0 Å². The molecule has 1 fully saturated rings. The third kappa shape index (κ3) is 12.6. The number of rotatable bonds is 23. The largest absolute Gasteiger partial charge is 0.382 e. The average Bonchev–Trinajstić information content (AvgIpc) is 3.85. The number of ether oxygens (including phenoxy) is 3. The molecule has 2 atom stereocenters. The number of anilines is 3. The lowest BCUT2D eigenvalue weighted by atomic mass is 10.0. The van der Waals surface area contributed by atoms with Crippen molar-refractivity contribution in [1.29, 1.82) is 0 Å². The first-order valence-corrected chi connectivity index (χ1v) is 23.0. The molecule has 5 N–H and O–H groups in total. The van der Waals surface area contributed by atoms with Gasteiger partial charge in [0, 0.05) is 35.4 Å². The first kappa shape index (κ1) is 47.8. The number of aromatic nitrogens is 2. The van der Waals surface area contributed by atoms with Gasteiger partial charge in [0.1, 0.15) is 17.8 Å². The fraction of sp³-hybridized carbons (Fsp3) is 0.304. The number of carbonyl (C=O) groups is 7. The van der Waals surface area contributed by atoms with Gasteiger partial charge < -0.3 is 30.2 Å². The molecule has 5 aromatic rings. The van der Waals surface area contributed by atoms with Gasteiger partial charge in [0.05, 0.1) is 68.9 Å². The molecule has 3 heterocycles. The summed E-state index contributed by atoms with van der Waals surface area (Å²) in [6.45, 7) is 1.79. The van der Waals surface area contributed by atoms with Gasteiger partial charge in [-0.15, -0.1) is 0 Å². The number of amides is 6. The van der Waals surface area contributed by atoms with Crippen molar-refractivity contribution in [2.24, 2.45) is 0 Å². The molecule has 21 heteroatoms. The van der Waals surface area contributed by atoms with Crippen molar-refractivity contribution < 1.29 is 56.2 Å². The lowest BCUT2D eigenvalue weighted by Gasteiger charge is -2.27. The lowest BCUT2D eigenvalue weighted by Crippen LogP contribution is -2.54. The Morgan fingerprint density at radius 2 is 1.43 bits per heavy atom. The van der Waals surface area contributed by atoms with Crippen molar-refractivity contribution in [3.8, 4) is 0 Å². The van der Waals surface area contributed by atoms with Crippen molar-refractivity contribution in [2.75, 3.05) is 67.9 Å². The van der Waals surface area contributed by atoms with Gasteiger partial charge in [0.25, 0.3) is 17.7 Å². The highest BCUT2D eigenvalue weighted by Gasteiger charge is 2.45. The molecule has 1 unspecified atom stereocenters. The normalized spacial score (nSPS) is 15.3. The number of imide groups is 2. The van der Waals surface area contributed by atoms with Crippen molar-refractivity contribution >= 4 is 79.3 Å². The number of fused-ring (bicyclic) bond motifs is 2. The first-order chi connectivity index (χ1) is 32.4. The molecular weight excluding hydrogens is 889 g/mol. The van der Waals surface area contributed by atoms with Crippen LogP contribution in [0.4, 0.5) is 17.1 Å². The van der Waals surface area contributed by atoms with Crippen molar-refractivity contribution in [3.05, 3.63) is 120 Å². The summed E-state index contributed by atoms with van der Waals surface area (Å²) in [6.07, 6.45) is 1.64. The third-order valence-electron chi connectivity index (χ3n) is 10.6. The number of hydrogen-bond acceptors (Lipinski definition) is 14. The highest BCUT2D eigenvalue weighted by molar-refractivity contribution is 7.90. The van der Waals surface area contributed by atoms with E-state index >= 15 is 0 Å². The van der Waals surface area contributed by atoms with Crippen LogP contribution in [-0.4, -0.2) is 128 Å². The molecule has 1 aromatic heterocycles. The van der Waals surface area contributed by atoms with Gasteiger partial charge in [-0.05, 0) is 60.9 Å². The van der Waals surface area contributed by atoms with Crippen LogP contribution in [0.15, 0.2) is 103 Å². The van der Waals surface area contributed by atoms with E-state index in [1.807, 2.05) is 0 Å². The summed E-state index contributed by atoms with van der Waals surface area (Å²) in [5, 5.41) is 15.5. The topological polar surface area (TPSA) is 263 Å². The highest BCUT2D eigenvalue weighted by Crippen LogP contribution is 2.32. The van der Waals surface area contributed by atoms with Gasteiger partial charge in [0.15, 0.2) is 0 Å². The molecule has 20 nitrogen and oxygen atoms in total. The minimum Gasteiger partial charge on any atom is -0.382 e. The van der Waals surface area contributed by atoms with Gasteiger partial charge in [-0.1, -0.05) is 54.6 Å². The zero-order valence-corrected chi connectivity index (χ0v) is 36.9. The molecule has 0 saturated carbocycles. The van der Waals surface area contributed by atoms with E-state index in [9.17, 15) is 42.0 Å². The summed E-state index contributed by atoms with van der Waals surface area (Å²) in [5.74, 6) is -4.98. The molecular formula is C46H48N8O12S. The average molecular weight is 937 g/mol. The summed E-state index contributed by atoms with van der Waals surface area (Å²) < 4.78 is 46.6. The summed E-state index contributed by atoms with van der Waals surface area (Å²) in [4.78, 5) is 90.2. The van der Waals surface area contributed by atoms with E-state index in [2.05, 4.69) is 31.1 Å². The number of hydrogen-bond donors (Lipinski definition) is 5. The predicted octanol–water partition coefficient (Wildman–Crippen LogP) is 2.74. The van der Waals surface area contributed by atoms with E-state index in [4.69, 9.17) is 14.2 Å². The van der Waals surface area contributed by atoms with E-state index in [1.165, 1.54) is 12.3 Å². The van der Waals surface area contributed by atoms with E-state index in [0.29, 0.717) is 40.1 Å². The SMILES string of the molecule is O=C1CCC(N2C(=O)c3cccc(NCCOCCOCCOCCC(=O)Nc4ccc(NC(=O)[C@H](Cc5ccccc5)NS(=O)(=O)CC(=O)n5ncc6ccccc65)cc4)c3C2=O)C(=O)N1. The second kappa shape index (κ2) is 22.3. The summed E-state index contributed by atoms with van der Waals surface area (Å²) in [7, 11) is -4.31. The molecule has 0 radical (unpaired) electrons. The Labute approximate surface area is 384 Å². The lowest BCUT2D eigenvalue weighted by molar-refractivity contribution is -0.136. The molecule has 2 aliphatic rings. The van der Waals surface area contributed by atoms with E-state index in [-0.39, 0.29) is 82.4 Å². The number of para-hydroxylation sites is 1. The maximum absolute atomic E-state index is 13.5. The summed E-state index contributed by atoms with van der Waals surface area (Å²) >= 11 is 0. The number of nitrogens with one attached hydrogen (secondary N) is 5. The van der Waals surface area contributed by atoms with Crippen LogP contribution in [0.1, 0.15) is 50.3 Å². The fourth-order valence-electron chi connectivity index (χ4n) is 7.41. The summed E-state index contributed by atoms with van der Waals surface area (Å²) in [5.41, 5.74) is 2.73. The zero-order chi connectivity index (χ0) is 47.3. The van der Waals surface area contributed by atoms with Crippen LogP contribution in [0.5, 0.6) is 0 Å². The minimum absolute atomic E-state index is 0.00730. The maximum Gasteiger partial charge on any atom is 0.264 e. The number of carbonyl (C=O) groups excluding carboxylic acids is 7. The second-order valence-corrected chi connectivity index (χ2v) is 17.2. The smallest absolute Gasteiger partial charge is 0.264 e. The molecule has 2 aliphatic heterocycles. The van der Waals surface area contributed by atoms with Crippen LogP contribution in [0.2, 0.25) is 0 Å². The van der Waals surface area contributed by atoms with Gasteiger partial charge >= 0.3 is 0 Å². The Morgan fingerprint density at radius 1 is 0.761 bits per heavy atom. The van der Waals surface area contributed by atoms with Crippen LogP contribution >= 0.6 is 0 Å². The second-order valence-electron chi connectivity index (χ2n) is 15.4. The molecule has 0 aliphatic carbocycles. The van der Waals surface area contributed by atoms with Gasteiger partial charge in [-0.2, -0.15) is 9.78 Å². The molecule has 6 amide bonds. The fourth-order valence-corrected chi connectivity index (χ4v) is 8.56. The van der Waals surface area contributed by atoms with Crippen molar-refractivity contribution in [1.82, 2.24) is 24.7 Å². The van der Waals surface area contributed by atoms with Crippen molar-refractivity contribution in [3.63, 3.8) is 0 Å².